The van der Waals surface area contributed by atoms with Gasteiger partial charge in [-0.25, -0.2) is 10.2 Å². The molecule has 170 valence electrons. The molecule has 10 heteroatoms. The first kappa shape index (κ1) is 21.9. The number of phenols is 1. The normalized spacial score (nSPS) is 11.7. The molecule has 4 rings (SSSR count). The van der Waals surface area contributed by atoms with Crippen LogP contribution in [0, 0.1) is 0 Å². The number of fused-ring (bicyclic) bond motifs is 1. The zero-order chi connectivity index (χ0) is 23.7. The van der Waals surface area contributed by atoms with Gasteiger partial charge in [-0.3, -0.25) is 18.5 Å². The van der Waals surface area contributed by atoms with Gasteiger partial charge in [0.1, 0.15) is 0 Å². The largest absolute Gasteiger partial charge is 0.504 e. The molecule has 0 saturated heterocycles. The van der Waals surface area contributed by atoms with E-state index in [0.29, 0.717) is 29.5 Å². The van der Waals surface area contributed by atoms with Crippen LogP contribution in [0.3, 0.4) is 0 Å². The average molecular weight is 448 g/mol. The van der Waals surface area contributed by atoms with Crippen molar-refractivity contribution in [3.05, 3.63) is 80.5 Å². The fraction of sp³-hybridized carbons (Fsp3) is 0.217. The van der Waals surface area contributed by atoms with Crippen LogP contribution >= 0.6 is 0 Å². The van der Waals surface area contributed by atoms with E-state index in [1.165, 1.54) is 24.8 Å². The standard InChI is InChI=1S/C23H24N6O4/c1-14(16-10-11-17(30)18(12-16)33-4)25-26-22-24-20-19(21(31)28(3)23(32)27(20)2)29(22)13-15-8-6-5-7-9-15/h5-12,30H,13H2,1-4H3,(H,24,26)/b25-14-. The van der Waals surface area contributed by atoms with Crippen molar-refractivity contribution < 1.29 is 9.84 Å². The first-order valence-corrected chi connectivity index (χ1v) is 10.2. The Kier molecular flexibility index (Phi) is 5.74. The number of anilines is 1. The summed E-state index contributed by atoms with van der Waals surface area (Å²) in [6.45, 7) is 2.15. The van der Waals surface area contributed by atoms with Crippen molar-refractivity contribution in [1.82, 2.24) is 18.7 Å². The summed E-state index contributed by atoms with van der Waals surface area (Å²) in [6, 6.07) is 14.5. The number of phenolic OH excluding ortho intramolecular Hbond substituents is 1. The number of nitrogens with zero attached hydrogens (tertiary/aromatic N) is 5. The molecular weight excluding hydrogens is 424 g/mol. The highest BCUT2D eigenvalue weighted by atomic mass is 16.5. The van der Waals surface area contributed by atoms with Crippen molar-refractivity contribution >= 4 is 22.8 Å². The average Bonchev–Trinajstić information content (AvgIpc) is 3.19. The molecule has 2 aromatic carbocycles. The quantitative estimate of drug-likeness (QED) is 0.345. The minimum atomic E-state index is -0.459. The Labute approximate surface area is 189 Å². The molecule has 33 heavy (non-hydrogen) atoms. The summed E-state index contributed by atoms with van der Waals surface area (Å²) in [5, 5.41) is 14.2. The van der Waals surface area contributed by atoms with E-state index < -0.39 is 11.2 Å². The third-order valence-electron chi connectivity index (χ3n) is 5.45. The lowest BCUT2D eigenvalue weighted by Crippen LogP contribution is -2.37. The van der Waals surface area contributed by atoms with Crippen LogP contribution in [0.1, 0.15) is 18.1 Å². The van der Waals surface area contributed by atoms with E-state index in [9.17, 15) is 14.7 Å². The number of hydrogen-bond acceptors (Lipinski definition) is 7. The van der Waals surface area contributed by atoms with Crippen LogP contribution in [0.2, 0.25) is 0 Å². The van der Waals surface area contributed by atoms with Gasteiger partial charge in [-0.2, -0.15) is 10.1 Å². The van der Waals surface area contributed by atoms with E-state index in [-0.39, 0.29) is 11.4 Å². The molecule has 2 heterocycles. The summed E-state index contributed by atoms with van der Waals surface area (Å²) in [6.07, 6.45) is 0. The molecular formula is C23H24N6O4. The number of hydrazone groups is 1. The second-order valence-electron chi connectivity index (χ2n) is 7.58. The lowest BCUT2D eigenvalue weighted by atomic mass is 10.1. The fourth-order valence-electron chi connectivity index (χ4n) is 3.55. The maximum Gasteiger partial charge on any atom is 0.332 e. The van der Waals surface area contributed by atoms with Crippen molar-refractivity contribution in [2.24, 2.45) is 19.2 Å². The van der Waals surface area contributed by atoms with Gasteiger partial charge in [0.25, 0.3) is 5.56 Å². The van der Waals surface area contributed by atoms with E-state index in [0.717, 1.165) is 15.7 Å². The molecule has 0 aliphatic rings. The zero-order valence-electron chi connectivity index (χ0n) is 18.7. The van der Waals surface area contributed by atoms with Gasteiger partial charge >= 0.3 is 5.69 Å². The Hall–Kier alpha value is -4.34. The van der Waals surface area contributed by atoms with E-state index in [1.807, 2.05) is 30.3 Å². The lowest BCUT2D eigenvalue weighted by Gasteiger charge is -2.10. The molecule has 0 bridgehead atoms. The van der Waals surface area contributed by atoms with Crippen LogP contribution in [0.4, 0.5) is 5.95 Å². The van der Waals surface area contributed by atoms with Gasteiger partial charge in [-0.1, -0.05) is 30.3 Å². The highest BCUT2D eigenvalue weighted by molar-refractivity contribution is 5.99. The Morgan fingerprint density at radius 3 is 2.55 bits per heavy atom. The van der Waals surface area contributed by atoms with Gasteiger partial charge in [0, 0.05) is 19.7 Å². The van der Waals surface area contributed by atoms with Crippen LogP contribution < -0.4 is 21.4 Å². The predicted octanol–water partition coefficient (Wildman–Crippen LogP) is 2.03. The smallest absolute Gasteiger partial charge is 0.332 e. The fourth-order valence-corrected chi connectivity index (χ4v) is 3.55. The first-order valence-electron chi connectivity index (χ1n) is 10.2. The third-order valence-corrected chi connectivity index (χ3v) is 5.45. The Balaban J connectivity index is 1.83. The minimum Gasteiger partial charge on any atom is -0.504 e. The number of benzene rings is 2. The summed E-state index contributed by atoms with van der Waals surface area (Å²) in [5.41, 5.74) is 4.90. The Morgan fingerprint density at radius 2 is 1.85 bits per heavy atom. The van der Waals surface area contributed by atoms with Crippen molar-refractivity contribution in [3.8, 4) is 11.5 Å². The van der Waals surface area contributed by atoms with Gasteiger partial charge in [-0.15, -0.1) is 0 Å². The number of nitrogens with one attached hydrogen (secondary N) is 1. The number of aromatic hydroxyl groups is 1. The molecule has 0 unspecified atom stereocenters. The number of hydrogen-bond donors (Lipinski definition) is 2. The Morgan fingerprint density at radius 1 is 1.12 bits per heavy atom. The predicted molar refractivity (Wildman–Crippen MR) is 126 cm³/mol. The highest BCUT2D eigenvalue weighted by Crippen LogP contribution is 2.26. The van der Waals surface area contributed by atoms with Crippen LogP contribution in [-0.4, -0.2) is 36.6 Å². The van der Waals surface area contributed by atoms with Crippen LogP contribution in [0.5, 0.6) is 11.5 Å². The molecule has 0 aliphatic heterocycles. The molecule has 0 fully saturated rings. The summed E-state index contributed by atoms with van der Waals surface area (Å²) in [4.78, 5) is 29.9. The minimum absolute atomic E-state index is 0.0309. The van der Waals surface area contributed by atoms with Gasteiger partial charge in [0.05, 0.1) is 19.4 Å². The van der Waals surface area contributed by atoms with Gasteiger partial charge < -0.3 is 9.84 Å². The molecule has 2 aromatic heterocycles. The summed E-state index contributed by atoms with van der Waals surface area (Å²) >= 11 is 0. The maximum absolute atomic E-state index is 13.0. The molecule has 0 saturated carbocycles. The number of aryl methyl sites for hydroxylation is 1. The van der Waals surface area contributed by atoms with Crippen LogP contribution in [0.15, 0.2) is 63.2 Å². The second kappa shape index (κ2) is 8.65. The number of aromatic nitrogens is 4. The molecule has 0 radical (unpaired) electrons. The number of methoxy groups -OCH3 is 1. The number of imidazole rings is 1. The van der Waals surface area contributed by atoms with Crippen molar-refractivity contribution in [2.75, 3.05) is 12.5 Å². The van der Waals surface area contributed by atoms with E-state index >= 15 is 0 Å². The second-order valence-corrected chi connectivity index (χ2v) is 7.58. The van der Waals surface area contributed by atoms with Gasteiger partial charge in [-0.05, 0) is 30.7 Å². The zero-order valence-corrected chi connectivity index (χ0v) is 18.7. The summed E-state index contributed by atoms with van der Waals surface area (Å²) in [5.74, 6) is 0.678. The highest BCUT2D eigenvalue weighted by Gasteiger charge is 2.19. The summed E-state index contributed by atoms with van der Waals surface area (Å²) in [7, 11) is 4.49. The summed E-state index contributed by atoms with van der Waals surface area (Å²) < 4.78 is 9.27. The van der Waals surface area contributed by atoms with E-state index in [1.54, 1.807) is 30.7 Å². The molecule has 2 N–H and O–H groups in total. The maximum atomic E-state index is 13.0. The number of ether oxygens (including phenoxy) is 1. The SMILES string of the molecule is COc1cc(/C(C)=N\Nc2nc3c(c(=O)n(C)c(=O)n3C)n2Cc2ccccc2)ccc1O. The molecule has 10 nitrogen and oxygen atoms in total. The van der Waals surface area contributed by atoms with Gasteiger partial charge in [0.15, 0.2) is 22.7 Å². The van der Waals surface area contributed by atoms with Gasteiger partial charge in [0.2, 0.25) is 5.95 Å². The molecule has 0 aliphatic carbocycles. The molecule has 4 aromatic rings. The molecule has 0 spiro atoms. The topological polar surface area (TPSA) is 116 Å². The lowest BCUT2D eigenvalue weighted by molar-refractivity contribution is 0.373. The van der Waals surface area contributed by atoms with Crippen molar-refractivity contribution in [1.29, 1.82) is 0 Å². The molecule has 0 atom stereocenters. The van der Waals surface area contributed by atoms with Crippen molar-refractivity contribution in [3.63, 3.8) is 0 Å². The Bertz CT molecular complexity index is 1480. The van der Waals surface area contributed by atoms with E-state index in [4.69, 9.17) is 4.74 Å². The monoisotopic (exact) mass is 448 g/mol. The van der Waals surface area contributed by atoms with Crippen LogP contribution in [-0.2, 0) is 20.6 Å². The number of rotatable bonds is 6. The van der Waals surface area contributed by atoms with Crippen molar-refractivity contribution in [2.45, 2.75) is 13.5 Å². The third kappa shape index (κ3) is 3.98. The van der Waals surface area contributed by atoms with E-state index in [2.05, 4.69) is 15.5 Å². The molecule has 0 amide bonds. The first-order chi connectivity index (χ1) is 15.8. The van der Waals surface area contributed by atoms with Crippen LogP contribution in [0.25, 0.3) is 11.2 Å².